The van der Waals surface area contributed by atoms with Crippen molar-refractivity contribution in [1.29, 1.82) is 0 Å². The monoisotopic (exact) mass is 360 g/mol. The van der Waals surface area contributed by atoms with Gasteiger partial charge in [0.05, 0.1) is 5.69 Å². The molecular weight excluding hydrogens is 343 g/mol. The topological polar surface area (TPSA) is 55.4 Å². The number of carbonyl (C=O) groups excluding carboxylic acids is 1. The molecule has 1 aliphatic rings. The molecule has 0 saturated carbocycles. The van der Waals surface area contributed by atoms with Crippen LogP contribution >= 0.6 is 0 Å². The van der Waals surface area contributed by atoms with Gasteiger partial charge in [-0.2, -0.15) is 22.0 Å². The van der Waals surface area contributed by atoms with E-state index in [2.05, 4.69) is 4.99 Å². The smallest absolute Gasteiger partial charge is 0.366 e. The normalized spacial score (nSPS) is 16.8. The highest BCUT2D eigenvalue weighted by Crippen LogP contribution is 2.46. The van der Waals surface area contributed by atoms with E-state index in [1.807, 2.05) is 13.8 Å². The van der Waals surface area contributed by atoms with Crippen molar-refractivity contribution in [2.75, 3.05) is 0 Å². The van der Waals surface area contributed by atoms with Crippen molar-refractivity contribution in [3.05, 3.63) is 34.9 Å². The number of halogens is 5. The lowest BCUT2D eigenvalue weighted by atomic mass is 9.75. The summed E-state index contributed by atoms with van der Waals surface area (Å²) >= 11 is 0. The summed E-state index contributed by atoms with van der Waals surface area (Å²) in [5.74, 6) is -5.68. The Morgan fingerprint density at radius 1 is 1.16 bits per heavy atom. The van der Waals surface area contributed by atoms with Crippen molar-refractivity contribution in [3.63, 3.8) is 0 Å². The summed E-state index contributed by atoms with van der Waals surface area (Å²) < 4.78 is 64.8. The molecule has 0 bridgehead atoms. The Hall–Kier alpha value is -2.25. The number of carbonyl (C=O) groups is 1. The first-order valence-electron chi connectivity index (χ1n) is 7.64. The molecule has 25 heavy (non-hydrogen) atoms. The minimum absolute atomic E-state index is 0.0658. The van der Waals surface area contributed by atoms with E-state index in [1.54, 1.807) is 0 Å². The number of fused-ring (bicyclic) bond motifs is 1. The van der Waals surface area contributed by atoms with E-state index in [0.29, 0.717) is 25.0 Å². The average molecular weight is 360 g/mol. The molecule has 1 aromatic carbocycles. The van der Waals surface area contributed by atoms with Crippen LogP contribution in [0, 0.1) is 5.41 Å². The standard InChI is InChI=1S/C17H17F5N2O/c1-3-15(4-2)9-24-13-8-11(16(18,19)17(20,21)22)6-5-10(13)7-12(15)14(23)25/h5-9H,3-4H2,1-2H3,(H2,23,25). The first-order valence-corrected chi connectivity index (χ1v) is 7.64. The molecule has 0 aliphatic carbocycles. The quantitative estimate of drug-likeness (QED) is 0.776. The van der Waals surface area contributed by atoms with Crippen LogP contribution in [0.15, 0.2) is 28.8 Å². The highest BCUT2D eigenvalue weighted by molar-refractivity contribution is 6.04. The van der Waals surface area contributed by atoms with Gasteiger partial charge in [-0.05, 0) is 25.0 Å². The predicted molar refractivity (Wildman–Crippen MR) is 84.7 cm³/mol. The third-order valence-corrected chi connectivity index (χ3v) is 4.56. The molecule has 8 heteroatoms. The van der Waals surface area contributed by atoms with Crippen molar-refractivity contribution >= 4 is 23.9 Å². The maximum absolute atomic E-state index is 13.6. The summed E-state index contributed by atoms with van der Waals surface area (Å²) in [4.78, 5) is 15.9. The van der Waals surface area contributed by atoms with Crippen molar-refractivity contribution in [2.45, 2.75) is 38.8 Å². The van der Waals surface area contributed by atoms with Crippen LogP contribution in [0.5, 0.6) is 0 Å². The van der Waals surface area contributed by atoms with Crippen LogP contribution < -0.4 is 5.73 Å². The third-order valence-electron chi connectivity index (χ3n) is 4.56. The summed E-state index contributed by atoms with van der Waals surface area (Å²) in [5.41, 5.74) is 3.88. The average Bonchev–Trinajstić information content (AvgIpc) is 2.70. The number of primary amides is 1. The minimum Gasteiger partial charge on any atom is -0.366 e. The Labute approximate surface area is 141 Å². The maximum atomic E-state index is 13.6. The van der Waals surface area contributed by atoms with Crippen molar-refractivity contribution in [3.8, 4) is 0 Å². The van der Waals surface area contributed by atoms with Crippen LogP contribution in [-0.2, 0) is 10.7 Å². The molecule has 1 aromatic rings. The zero-order valence-electron chi connectivity index (χ0n) is 13.6. The molecule has 0 atom stereocenters. The Kier molecular flexibility index (Phi) is 4.76. The largest absolute Gasteiger partial charge is 0.458 e. The lowest BCUT2D eigenvalue weighted by Crippen LogP contribution is -2.33. The number of alkyl halides is 5. The first-order chi connectivity index (χ1) is 11.5. The molecule has 1 amide bonds. The number of nitrogens with zero attached hydrogens (tertiary/aromatic N) is 1. The fourth-order valence-electron chi connectivity index (χ4n) is 2.83. The fourth-order valence-corrected chi connectivity index (χ4v) is 2.83. The Bertz CT molecular complexity index is 746. The summed E-state index contributed by atoms with van der Waals surface area (Å²) in [7, 11) is 0. The second-order valence-electron chi connectivity index (χ2n) is 5.89. The van der Waals surface area contributed by atoms with Crippen LogP contribution in [-0.4, -0.2) is 18.3 Å². The van der Waals surface area contributed by atoms with Crippen LogP contribution in [0.1, 0.15) is 37.8 Å². The van der Waals surface area contributed by atoms with Crippen molar-refractivity contribution < 1.29 is 26.7 Å². The molecule has 0 radical (unpaired) electrons. The number of rotatable bonds is 4. The number of amides is 1. The summed E-state index contributed by atoms with van der Waals surface area (Å²) in [5, 5.41) is 0. The van der Waals surface area contributed by atoms with Crippen LogP contribution in [0.2, 0.25) is 0 Å². The highest BCUT2D eigenvalue weighted by atomic mass is 19.4. The van der Waals surface area contributed by atoms with E-state index in [0.717, 1.165) is 6.07 Å². The van der Waals surface area contributed by atoms with Gasteiger partial charge < -0.3 is 5.73 Å². The van der Waals surface area contributed by atoms with Crippen LogP contribution in [0.25, 0.3) is 6.08 Å². The summed E-state index contributed by atoms with van der Waals surface area (Å²) in [6.45, 7) is 3.62. The van der Waals surface area contributed by atoms with Crippen LogP contribution in [0.4, 0.5) is 27.6 Å². The van der Waals surface area contributed by atoms with E-state index < -0.39 is 29.0 Å². The summed E-state index contributed by atoms with van der Waals surface area (Å²) in [6.07, 6.45) is -1.94. The van der Waals surface area contributed by atoms with Crippen LogP contribution in [0.3, 0.4) is 0 Å². The van der Waals surface area contributed by atoms with Crippen molar-refractivity contribution in [2.24, 2.45) is 16.1 Å². The van der Waals surface area contributed by atoms with Gasteiger partial charge in [0.25, 0.3) is 0 Å². The molecule has 1 heterocycles. The number of nitrogens with two attached hydrogens (primary N) is 1. The third kappa shape index (κ3) is 3.17. The van der Waals surface area contributed by atoms with E-state index in [1.165, 1.54) is 12.3 Å². The zero-order chi connectivity index (χ0) is 19.0. The summed E-state index contributed by atoms with van der Waals surface area (Å²) in [6, 6.07) is 2.46. The molecule has 0 saturated heterocycles. The number of benzene rings is 1. The fraction of sp³-hybridized carbons (Fsp3) is 0.412. The molecule has 2 rings (SSSR count). The zero-order valence-corrected chi connectivity index (χ0v) is 13.6. The molecule has 2 N–H and O–H groups in total. The molecule has 0 unspecified atom stereocenters. The van der Waals surface area contributed by atoms with Gasteiger partial charge in [0.1, 0.15) is 0 Å². The van der Waals surface area contributed by atoms with Gasteiger partial charge in [-0.15, -0.1) is 0 Å². The van der Waals surface area contributed by atoms with E-state index in [9.17, 15) is 26.7 Å². The lowest BCUT2D eigenvalue weighted by Gasteiger charge is -2.27. The second-order valence-corrected chi connectivity index (χ2v) is 5.89. The van der Waals surface area contributed by atoms with Gasteiger partial charge >= 0.3 is 12.1 Å². The Balaban J connectivity index is 2.65. The number of hydrogen-bond donors (Lipinski definition) is 1. The number of hydrogen-bond acceptors (Lipinski definition) is 2. The van der Waals surface area contributed by atoms with E-state index in [4.69, 9.17) is 5.73 Å². The molecule has 0 aromatic heterocycles. The first kappa shape index (κ1) is 19.1. The molecule has 0 fully saturated rings. The highest BCUT2D eigenvalue weighted by Gasteiger charge is 2.58. The second kappa shape index (κ2) is 6.24. The van der Waals surface area contributed by atoms with Gasteiger partial charge in [0, 0.05) is 28.3 Å². The van der Waals surface area contributed by atoms with Gasteiger partial charge in [-0.3, -0.25) is 9.79 Å². The SMILES string of the molecule is CCC1(CC)C=Nc2cc(C(F)(F)C(F)(F)F)ccc2C=C1C(N)=O. The van der Waals surface area contributed by atoms with Crippen molar-refractivity contribution in [1.82, 2.24) is 0 Å². The molecule has 1 aliphatic heterocycles. The van der Waals surface area contributed by atoms with Gasteiger partial charge in [0.2, 0.25) is 5.91 Å². The molecule has 136 valence electrons. The van der Waals surface area contributed by atoms with E-state index in [-0.39, 0.29) is 16.8 Å². The van der Waals surface area contributed by atoms with E-state index >= 15 is 0 Å². The van der Waals surface area contributed by atoms with Gasteiger partial charge in [-0.1, -0.05) is 26.0 Å². The molecular formula is C17H17F5N2O. The Morgan fingerprint density at radius 3 is 2.24 bits per heavy atom. The molecule has 3 nitrogen and oxygen atoms in total. The lowest BCUT2D eigenvalue weighted by molar-refractivity contribution is -0.289. The Morgan fingerprint density at radius 2 is 1.76 bits per heavy atom. The predicted octanol–water partition coefficient (Wildman–Crippen LogP) is 4.73. The maximum Gasteiger partial charge on any atom is 0.458 e. The molecule has 0 spiro atoms. The number of aliphatic imine (C=N–C) groups is 1. The minimum atomic E-state index is -5.71. The van der Waals surface area contributed by atoms with Gasteiger partial charge in [-0.25, -0.2) is 0 Å². The van der Waals surface area contributed by atoms with Gasteiger partial charge in [0.15, 0.2) is 0 Å².